The van der Waals surface area contributed by atoms with Crippen LogP contribution in [0.25, 0.3) is 0 Å². The van der Waals surface area contributed by atoms with Gasteiger partial charge in [0.05, 0.1) is 12.5 Å². The van der Waals surface area contributed by atoms with Gasteiger partial charge in [0.2, 0.25) is 5.91 Å². The first-order valence-electron chi connectivity index (χ1n) is 14.4. The van der Waals surface area contributed by atoms with Crippen LogP contribution in [0.15, 0.2) is 97.1 Å². The number of carbonyl (C=O) groups is 1. The van der Waals surface area contributed by atoms with Crippen molar-refractivity contribution >= 4 is 17.3 Å². The van der Waals surface area contributed by atoms with Crippen LogP contribution in [0.2, 0.25) is 0 Å². The number of nitrogens with zero attached hydrogens (tertiary/aromatic N) is 2. The summed E-state index contributed by atoms with van der Waals surface area (Å²) in [6.45, 7) is 5.44. The van der Waals surface area contributed by atoms with Gasteiger partial charge in [-0.3, -0.25) is 4.79 Å². The Bertz CT molecular complexity index is 1410. The summed E-state index contributed by atoms with van der Waals surface area (Å²) in [6.07, 6.45) is 2.74. The van der Waals surface area contributed by atoms with Crippen LogP contribution in [-0.4, -0.2) is 20.0 Å². The topological polar surface area (TPSA) is 32.8 Å². The number of ether oxygens (including phenoxy) is 1. The van der Waals surface area contributed by atoms with Gasteiger partial charge in [-0.2, -0.15) is 0 Å². The number of fused-ring (bicyclic) bond motifs is 1. The predicted octanol–water partition coefficient (Wildman–Crippen LogP) is 8.11. The fourth-order valence-corrected chi connectivity index (χ4v) is 5.55. The molecule has 40 heavy (non-hydrogen) atoms. The lowest BCUT2D eigenvalue weighted by Gasteiger charge is -2.32. The Labute approximate surface area is 239 Å². The van der Waals surface area contributed by atoms with E-state index < -0.39 is 0 Å². The van der Waals surface area contributed by atoms with E-state index in [1.807, 2.05) is 49.3 Å². The number of rotatable bonds is 9. The molecule has 4 nitrogen and oxygen atoms in total. The lowest BCUT2D eigenvalue weighted by atomic mass is 9.81. The second kappa shape index (κ2) is 12.4. The summed E-state index contributed by atoms with van der Waals surface area (Å²) in [5.74, 6) is 1.28. The molecule has 0 aliphatic heterocycles. The lowest BCUT2D eigenvalue weighted by Crippen LogP contribution is -2.36. The van der Waals surface area contributed by atoms with Gasteiger partial charge < -0.3 is 14.5 Å². The predicted molar refractivity (Wildman–Crippen MR) is 165 cm³/mol. The third-order valence-corrected chi connectivity index (χ3v) is 7.93. The summed E-state index contributed by atoms with van der Waals surface area (Å²) in [6, 6.07) is 33.4. The Morgan fingerprint density at radius 2 is 1.52 bits per heavy atom. The maximum atomic E-state index is 14.4. The number of anilines is 2. The molecule has 4 aromatic rings. The van der Waals surface area contributed by atoms with Crippen molar-refractivity contribution in [1.29, 1.82) is 0 Å². The number of hydrogen-bond acceptors (Lipinski definition) is 3. The van der Waals surface area contributed by atoms with E-state index in [9.17, 15) is 4.79 Å². The van der Waals surface area contributed by atoms with Gasteiger partial charge in [-0.1, -0.05) is 80.6 Å². The fourth-order valence-electron chi connectivity index (χ4n) is 5.55. The molecule has 4 heteroatoms. The van der Waals surface area contributed by atoms with Crippen LogP contribution in [0.3, 0.4) is 0 Å². The standard InChI is InChI=1S/C36H40N2O2/c1-26(2)29-18-22-31(23-19-29)38(24-27-16-20-30(21-17-27)37(3)4)36(39)34-14-8-13-33-32(34)12-9-15-35(33)40-25-28-10-6-5-7-11-28/h5-7,9-12,15-23,26,34H,8,13-14,24-25H2,1-4H3. The summed E-state index contributed by atoms with van der Waals surface area (Å²) >= 11 is 0. The van der Waals surface area contributed by atoms with Crippen molar-refractivity contribution in [3.63, 3.8) is 0 Å². The van der Waals surface area contributed by atoms with Crippen LogP contribution >= 0.6 is 0 Å². The molecule has 1 unspecified atom stereocenters. The first-order valence-corrected chi connectivity index (χ1v) is 14.4. The zero-order valence-electron chi connectivity index (χ0n) is 24.1. The summed E-state index contributed by atoms with van der Waals surface area (Å²) in [5, 5.41) is 0. The van der Waals surface area contributed by atoms with Crippen LogP contribution < -0.4 is 14.5 Å². The molecule has 0 fully saturated rings. The number of amides is 1. The van der Waals surface area contributed by atoms with Crippen molar-refractivity contribution in [1.82, 2.24) is 0 Å². The molecule has 0 aromatic heterocycles. The van der Waals surface area contributed by atoms with E-state index in [1.165, 1.54) is 11.1 Å². The Balaban J connectivity index is 1.44. The van der Waals surface area contributed by atoms with Crippen molar-refractivity contribution in [3.8, 4) is 5.75 Å². The van der Waals surface area contributed by atoms with Crippen LogP contribution in [0.1, 0.15) is 66.3 Å². The second-order valence-electron chi connectivity index (χ2n) is 11.3. The summed E-state index contributed by atoms with van der Waals surface area (Å²) in [7, 11) is 4.08. The molecule has 1 atom stereocenters. The fraction of sp³-hybridized carbons (Fsp3) is 0.306. The van der Waals surface area contributed by atoms with E-state index in [1.54, 1.807) is 0 Å². The normalized spacial score (nSPS) is 14.5. The Morgan fingerprint density at radius 1 is 0.825 bits per heavy atom. The first-order chi connectivity index (χ1) is 19.4. The van der Waals surface area contributed by atoms with Gasteiger partial charge in [0.15, 0.2) is 0 Å². The van der Waals surface area contributed by atoms with Crippen molar-refractivity contribution in [2.45, 2.75) is 58.1 Å². The Kier molecular flexibility index (Phi) is 8.54. The SMILES string of the molecule is CC(C)c1ccc(N(Cc2ccc(N(C)C)cc2)C(=O)C2CCCc3c(OCc4ccccc4)cccc32)cc1. The van der Waals surface area contributed by atoms with Crippen LogP contribution in [0.4, 0.5) is 11.4 Å². The third kappa shape index (κ3) is 6.22. The van der Waals surface area contributed by atoms with Crippen molar-refractivity contribution in [2.24, 2.45) is 0 Å². The molecule has 206 valence electrons. The van der Waals surface area contributed by atoms with E-state index in [0.29, 0.717) is 19.1 Å². The highest BCUT2D eigenvalue weighted by molar-refractivity contribution is 5.98. The molecule has 1 amide bonds. The third-order valence-electron chi connectivity index (χ3n) is 7.93. The summed E-state index contributed by atoms with van der Waals surface area (Å²) in [5.41, 5.74) is 7.89. The zero-order valence-corrected chi connectivity index (χ0v) is 24.1. The molecule has 4 aromatic carbocycles. The highest BCUT2D eigenvalue weighted by Gasteiger charge is 2.32. The molecule has 0 radical (unpaired) electrons. The largest absolute Gasteiger partial charge is 0.489 e. The molecule has 0 spiro atoms. The molecule has 0 saturated heterocycles. The minimum absolute atomic E-state index is 0.148. The summed E-state index contributed by atoms with van der Waals surface area (Å²) < 4.78 is 6.30. The van der Waals surface area contributed by atoms with Crippen LogP contribution in [-0.2, 0) is 24.4 Å². The maximum absolute atomic E-state index is 14.4. The first kappa shape index (κ1) is 27.5. The zero-order chi connectivity index (χ0) is 28.1. The lowest BCUT2D eigenvalue weighted by molar-refractivity contribution is -0.120. The molecule has 1 aliphatic carbocycles. The Hall–Kier alpha value is -4.05. The van der Waals surface area contributed by atoms with Gasteiger partial charge in [0, 0.05) is 25.5 Å². The minimum Gasteiger partial charge on any atom is -0.489 e. The minimum atomic E-state index is -0.199. The van der Waals surface area contributed by atoms with Crippen molar-refractivity contribution in [2.75, 3.05) is 23.9 Å². The van der Waals surface area contributed by atoms with Crippen LogP contribution in [0, 0.1) is 0 Å². The van der Waals surface area contributed by atoms with E-state index in [0.717, 1.165) is 53.1 Å². The number of hydrogen-bond donors (Lipinski definition) is 0. The highest BCUT2D eigenvalue weighted by Crippen LogP contribution is 2.39. The Morgan fingerprint density at radius 3 is 2.20 bits per heavy atom. The molecule has 5 rings (SSSR count). The molecular formula is C36H40N2O2. The van der Waals surface area contributed by atoms with Crippen LogP contribution in [0.5, 0.6) is 5.75 Å². The van der Waals surface area contributed by atoms with Gasteiger partial charge in [-0.25, -0.2) is 0 Å². The average molecular weight is 533 g/mol. The van der Waals surface area contributed by atoms with Crippen molar-refractivity contribution in [3.05, 3.63) is 125 Å². The smallest absolute Gasteiger partial charge is 0.234 e. The number of carbonyl (C=O) groups excluding carboxylic acids is 1. The monoisotopic (exact) mass is 532 g/mol. The van der Waals surface area contributed by atoms with E-state index in [4.69, 9.17) is 4.74 Å². The van der Waals surface area contributed by atoms with Gasteiger partial charge in [-0.15, -0.1) is 0 Å². The van der Waals surface area contributed by atoms with E-state index in [2.05, 4.69) is 85.5 Å². The molecular weight excluding hydrogens is 492 g/mol. The van der Waals surface area contributed by atoms with Gasteiger partial charge >= 0.3 is 0 Å². The molecule has 1 aliphatic rings. The molecule has 0 heterocycles. The quantitative estimate of drug-likeness (QED) is 0.218. The van der Waals surface area contributed by atoms with Gasteiger partial charge in [-0.05, 0) is 83.3 Å². The van der Waals surface area contributed by atoms with E-state index >= 15 is 0 Å². The number of benzene rings is 4. The molecule has 0 saturated carbocycles. The molecule has 0 N–H and O–H groups in total. The van der Waals surface area contributed by atoms with Gasteiger partial charge in [0.25, 0.3) is 0 Å². The molecule has 0 bridgehead atoms. The van der Waals surface area contributed by atoms with Crippen molar-refractivity contribution < 1.29 is 9.53 Å². The average Bonchev–Trinajstić information content (AvgIpc) is 2.99. The second-order valence-corrected chi connectivity index (χ2v) is 11.3. The van der Waals surface area contributed by atoms with E-state index in [-0.39, 0.29) is 11.8 Å². The van der Waals surface area contributed by atoms with Gasteiger partial charge in [0.1, 0.15) is 12.4 Å². The summed E-state index contributed by atoms with van der Waals surface area (Å²) in [4.78, 5) is 18.5. The maximum Gasteiger partial charge on any atom is 0.234 e. The highest BCUT2D eigenvalue weighted by atomic mass is 16.5.